The molecule has 0 atom stereocenters. The monoisotopic (exact) mass is 340 g/mol. The largest absolute Gasteiger partial charge is 0.355 e. The summed E-state index contributed by atoms with van der Waals surface area (Å²) in [7, 11) is 2.15. The van der Waals surface area contributed by atoms with Crippen molar-refractivity contribution in [1.82, 2.24) is 10.2 Å². The number of carbonyl (C=O) groups is 1. The lowest BCUT2D eigenvalue weighted by atomic mass is 9.93. The molecule has 122 valence electrons. The normalized spacial score (nSPS) is 16.6. The van der Waals surface area contributed by atoms with Gasteiger partial charge >= 0.3 is 0 Å². The number of likely N-dealkylation sites (tertiary alicyclic amines) is 1. The molecule has 5 heteroatoms. The van der Waals surface area contributed by atoms with Crippen LogP contribution in [0.5, 0.6) is 0 Å². The van der Waals surface area contributed by atoms with Crippen LogP contribution in [0.2, 0.25) is 5.02 Å². The maximum Gasteiger partial charge on any atom is 0.220 e. The Kier molecular flexibility index (Phi) is 7.56. The molecular weight excluding hydrogens is 316 g/mol. The Balaban J connectivity index is 1.54. The van der Waals surface area contributed by atoms with Crippen LogP contribution in [0, 0.1) is 5.92 Å². The van der Waals surface area contributed by atoms with Gasteiger partial charge in [-0.3, -0.25) is 4.79 Å². The van der Waals surface area contributed by atoms with Crippen LogP contribution >= 0.6 is 23.4 Å². The summed E-state index contributed by atoms with van der Waals surface area (Å²) >= 11 is 7.78. The Morgan fingerprint density at radius 1 is 1.41 bits per heavy atom. The second-order valence-electron chi connectivity index (χ2n) is 5.98. The van der Waals surface area contributed by atoms with Gasteiger partial charge in [-0.05, 0) is 56.6 Å². The number of benzene rings is 1. The third-order valence-corrected chi connectivity index (χ3v) is 5.30. The molecule has 0 aliphatic carbocycles. The van der Waals surface area contributed by atoms with Gasteiger partial charge in [-0.25, -0.2) is 0 Å². The first-order valence-corrected chi connectivity index (χ1v) is 9.44. The molecule has 22 heavy (non-hydrogen) atoms. The summed E-state index contributed by atoms with van der Waals surface area (Å²) in [4.78, 5) is 14.3. The van der Waals surface area contributed by atoms with Gasteiger partial charge in [-0.2, -0.15) is 11.8 Å². The molecule has 1 aliphatic heterocycles. The highest BCUT2D eigenvalue weighted by Crippen LogP contribution is 2.19. The van der Waals surface area contributed by atoms with E-state index >= 15 is 0 Å². The van der Waals surface area contributed by atoms with E-state index in [2.05, 4.69) is 23.3 Å². The lowest BCUT2D eigenvalue weighted by Crippen LogP contribution is -2.34. The number of hydrogen-bond acceptors (Lipinski definition) is 3. The van der Waals surface area contributed by atoms with E-state index in [1.54, 1.807) is 0 Å². The van der Waals surface area contributed by atoms with E-state index in [4.69, 9.17) is 11.6 Å². The standard InChI is InChI=1S/C17H25ClN2OS/c1-20-8-5-14(6-9-20)12-17(21)19-7-10-22-13-15-3-2-4-16(18)11-15/h2-4,11,14H,5-10,12-13H2,1H3,(H,19,21). The van der Waals surface area contributed by atoms with E-state index in [1.807, 2.05) is 30.0 Å². The van der Waals surface area contributed by atoms with Crippen LogP contribution in [0.25, 0.3) is 0 Å². The molecule has 1 aromatic rings. The van der Waals surface area contributed by atoms with Crippen molar-refractivity contribution in [2.75, 3.05) is 32.4 Å². The summed E-state index contributed by atoms with van der Waals surface area (Å²) in [5.74, 6) is 2.64. The minimum Gasteiger partial charge on any atom is -0.355 e. The van der Waals surface area contributed by atoms with Gasteiger partial charge in [0.1, 0.15) is 0 Å². The van der Waals surface area contributed by atoms with Crippen LogP contribution in [-0.2, 0) is 10.5 Å². The Labute approximate surface area is 142 Å². The highest BCUT2D eigenvalue weighted by atomic mass is 35.5. The Hall–Kier alpha value is -0.710. The molecule has 1 fully saturated rings. The first kappa shape index (κ1) is 17.6. The number of hydrogen-bond donors (Lipinski definition) is 1. The average Bonchev–Trinajstić information content (AvgIpc) is 2.49. The topological polar surface area (TPSA) is 32.3 Å². The first-order chi connectivity index (χ1) is 10.6. The zero-order chi connectivity index (χ0) is 15.8. The van der Waals surface area contributed by atoms with E-state index in [9.17, 15) is 4.79 Å². The maximum absolute atomic E-state index is 11.9. The minimum atomic E-state index is 0.206. The van der Waals surface area contributed by atoms with E-state index in [1.165, 1.54) is 5.56 Å². The molecule has 0 aromatic heterocycles. The average molecular weight is 341 g/mol. The van der Waals surface area contributed by atoms with Crippen LogP contribution in [0.1, 0.15) is 24.8 Å². The smallest absolute Gasteiger partial charge is 0.220 e. The maximum atomic E-state index is 11.9. The molecule has 1 aromatic carbocycles. The third-order valence-electron chi connectivity index (χ3n) is 4.04. The van der Waals surface area contributed by atoms with Gasteiger partial charge in [0, 0.05) is 29.5 Å². The SMILES string of the molecule is CN1CCC(CC(=O)NCCSCc2cccc(Cl)c2)CC1. The lowest BCUT2D eigenvalue weighted by molar-refractivity contribution is -0.122. The number of nitrogens with one attached hydrogen (secondary N) is 1. The fourth-order valence-electron chi connectivity index (χ4n) is 2.68. The molecule has 0 unspecified atom stereocenters. The van der Waals surface area contributed by atoms with Crippen LogP contribution in [0.15, 0.2) is 24.3 Å². The van der Waals surface area contributed by atoms with Crippen molar-refractivity contribution in [3.8, 4) is 0 Å². The Bertz CT molecular complexity index is 475. The molecule has 2 rings (SSSR count). The van der Waals surface area contributed by atoms with E-state index in [0.717, 1.165) is 49.0 Å². The Morgan fingerprint density at radius 3 is 2.91 bits per heavy atom. The number of rotatable bonds is 7. The third kappa shape index (κ3) is 6.59. The first-order valence-electron chi connectivity index (χ1n) is 7.91. The fraction of sp³-hybridized carbons (Fsp3) is 0.588. The van der Waals surface area contributed by atoms with Crippen molar-refractivity contribution in [2.24, 2.45) is 5.92 Å². The predicted octanol–water partition coefficient (Wildman–Crippen LogP) is 3.42. The fourth-order valence-corrected chi connectivity index (χ4v) is 3.70. The number of halogens is 1. The zero-order valence-corrected chi connectivity index (χ0v) is 14.8. The minimum absolute atomic E-state index is 0.206. The second kappa shape index (κ2) is 9.43. The van der Waals surface area contributed by atoms with E-state index in [0.29, 0.717) is 12.3 Å². The molecule has 0 spiro atoms. The van der Waals surface area contributed by atoms with Gasteiger partial charge in [0.2, 0.25) is 5.91 Å². The van der Waals surface area contributed by atoms with Crippen molar-refractivity contribution in [3.63, 3.8) is 0 Å². The zero-order valence-electron chi connectivity index (χ0n) is 13.2. The molecule has 0 radical (unpaired) electrons. The summed E-state index contributed by atoms with van der Waals surface area (Å²) < 4.78 is 0. The van der Waals surface area contributed by atoms with E-state index in [-0.39, 0.29) is 5.91 Å². The molecule has 1 aliphatic rings. The quantitative estimate of drug-likeness (QED) is 0.772. The highest BCUT2D eigenvalue weighted by Gasteiger charge is 2.19. The van der Waals surface area contributed by atoms with Gasteiger partial charge < -0.3 is 10.2 Å². The lowest BCUT2D eigenvalue weighted by Gasteiger charge is -2.28. The molecule has 1 saturated heterocycles. The highest BCUT2D eigenvalue weighted by molar-refractivity contribution is 7.98. The molecule has 0 saturated carbocycles. The molecule has 1 N–H and O–H groups in total. The number of amides is 1. The number of piperidine rings is 1. The predicted molar refractivity (Wildman–Crippen MR) is 95.5 cm³/mol. The summed E-state index contributed by atoms with van der Waals surface area (Å²) in [6.45, 7) is 2.98. The summed E-state index contributed by atoms with van der Waals surface area (Å²) in [5.41, 5.74) is 1.23. The number of carbonyl (C=O) groups excluding carboxylic acids is 1. The van der Waals surface area contributed by atoms with Gasteiger partial charge in [0.15, 0.2) is 0 Å². The van der Waals surface area contributed by atoms with Crippen LogP contribution in [0.3, 0.4) is 0 Å². The summed E-state index contributed by atoms with van der Waals surface area (Å²) in [6, 6.07) is 7.94. The van der Waals surface area contributed by atoms with Gasteiger partial charge in [0.25, 0.3) is 0 Å². The number of nitrogens with zero attached hydrogens (tertiary/aromatic N) is 1. The van der Waals surface area contributed by atoms with E-state index < -0.39 is 0 Å². The molecule has 1 heterocycles. The van der Waals surface area contributed by atoms with Crippen LogP contribution < -0.4 is 5.32 Å². The Morgan fingerprint density at radius 2 is 2.18 bits per heavy atom. The van der Waals surface area contributed by atoms with Gasteiger partial charge in [-0.1, -0.05) is 23.7 Å². The molecule has 3 nitrogen and oxygen atoms in total. The second-order valence-corrected chi connectivity index (χ2v) is 7.52. The van der Waals surface area contributed by atoms with Crippen LogP contribution in [0.4, 0.5) is 0 Å². The van der Waals surface area contributed by atoms with Gasteiger partial charge in [-0.15, -0.1) is 0 Å². The van der Waals surface area contributed by atoms with Crippen molar-refractivity contribution >= 4 is 29.3 Å². The summed E-state index contributed by atoms with van der Waals surface area (Å²) in [5, 5.41) is 3.82. The summed E-state index contributed by atoms with van der Waals surface area (Å²) in [6.07, 6.45) is 2.98. The van der Waals surface area contributed by atoms with Crippen molar-refractivity contribution < 1.29 is 4.79 Å². The van der Waals surface area contributed by atoms with Crippen molar-refractivity contribution in [1.29, 1.82) is 0 Å². The van der Waals surface area contributed by atoms with Crippen molar-refractivity contribution in [2.45, 2.75) is 25.0 Å². The van der Waals surface area contributed by atoms with Crippen molar-refractivity contribution in [3.05, 3.63) is 34.9 Å². The van der Waals surface area contributed by atoms with Gasteiger partial charge in [0.05, 0.1) is 0 Å². The van der Waals surface area contributed by atoms with Crippen LogP contribution in [-0.4, -0.2) is 43.2 Å². The molecule has 1 amide bonds. The number of thioether (sulfide) groups is 1. The molecular formula is C17H25ClN2OS. The molecule has 0 bridgehead atoms.